The van der Waals surface area contributed by atoms with Crippen LogP contribution in [0.15, 0.2) is 83.7 Å². The topological polar surface area (TPSA) is 51.8 Å². The molecule has 0 unspecified atom stereocenters. The average molecular weight is 901 g/mol. The largest absolute Gasteiger partial charge is 0 e. The van der Waals surface area contributed by atoms with Gasteiger partial charge in [-0.2, -0.15) is 0 Å². The Labute approximate surface area is 314 Å². The zero-order valence-electron chi connectivity index (χ0n) is 30.0. The van der Waals surface area contributed by atoms with Crippen LogP contribution in [0.5, 0.6) is 0 Å². The third-order valence-electron chi connectivity index (χ3n) is 10.6. The molecule has 2 fully saturated rings. The van der Waals surface area contributed by atoms with Crippen molar-refractivity contribution in [1.82, 2.24) is 15.0 Å². The Morgan fingerprint density at radius 3 is 2.28 bits per heavy atom. The number of hydrogen-bond acceptors (Lipinski definition) is 4. The number of hydrogen-bond donors (Lipinski definition) is 0. The smallest absolute Gasteiger partial charge is 0 e. The first-order valence-corrected chi connectivity index (χ1v) is 25.8. The quantitative estimate of drug-likeness (QED) is 0.118. The molecule has 261 valence electrons. The summed E-state index contributed by atoms with van der Waals surface area (Å²) >= 11 is -1.89. The Kier molecular flexibility index (Phi) is 12.1. The molecule has 2 aromatic carbocycles. The van der Waals surface area contributed by atoms with Crippen molar-refractivity contribution in [1.29, 1.82) is 0 Å². The molecule has 1 radical (unpaired) electrons. The second-order valence-electron chi connectivity index (χ2n) is 15.4. The summed E-state index contributed by atoms with van der Waals surface area (Å²) < 4.78 is 7.75. The van der Waals surface area contributed by atoms with Crippen LogP contribution in [0.3, 0.4) is 0 Å². The van der Waals surface area contributed by atoms with Crippen molar-refractivity contribution in [3.8, 4) is 22.5 Å². The summed E-state index contributed by atoms with van der Waals surface area (Å²) in [5.41, 5.74) is 10.7. The summed E-state index contributed by atoms with van der Waals surface area (Å²) in [5, 5.41) is 1.07. The van der Waals surface area contributed by atoms with E-state index in [1.165, 1.54) is 69.8 Å². The summed E-state index contributed by atoms with van der Waals surface area (Å²) in [4.78, 5) is 13.9. The zero-order valence-corrected chi connectivity index (χ0v) is 34.5. The molecule has 0 bridgehead atoms. The second-order valence-corrected chi connectivity index (χ2v) is 25.9. The van der Waals surface area contributed by atoms with Crippen LogP contribution in [-0.2, 0) is 32.9 Å². The number of fused-ring (bicyclic) bond motifs is 3. The van der Waals surface area contributed by atoms with Gasteiger partial charge in [0.25, 0.3) is 0 Å². The van der Waals surface area contributed by atoms with Gasteiger partial charge in [0.1, 0.15) is 5.58 Å². The molecule has 0 N–H and O–H groups in total. The summed E-state index contributed by atoms with van der Waals surface area (Å²) in [6.07, 6.45) is 20.9. The van der Waals surface area contributed by atoms with E-state index in [2.05, 4.69) is 82.8 Å². The maximum Gasteiger partial charge on any atom is 0 e. The normalized spacial score (nSPS) is 15.5. The zero-order chi connectivity index (χ0) is 33.8. The third-order valence-corrected chi connectivity index (χ3v) is 14.9. The van der Waals surface area contributed by atoms with Crippen molar-refractivity contribution >= 4 is 39.7 Å². The molecule has 2 aliphatic rings. The molecule has 8 rings (SSSR count). The monoisotopic (exact) mass is 902 g/mol. The Morgan fingerprint density at radius 2 is 1.54 bits per heavy atom. The maximum absolute atomic E-state index is 6.16. The minimum atomic E-state index is -1.89. The van der Waals surface area contributed by atoms with Gasteiger partial charge in [0.05, 0.1) is 11.1 Å². The first-order chi connectivity index (χ1) is 23.8. The van der Waals surface area contributed by atoms with Gasteiger partial charge in [-0.25, -0.2) is 0 Å². The number of aryl methyl sites for hydroxylation is 1. The molecule has 0 saturated heterocycles. The van der Waals surface area contributed by atoms with E-state index < -0.39 is 13.3 Å². The predicted octanol–water partition coefficient (Wildman–Crippen LogP) is 11.1. The maximum atomic E-state index is 6.16. The summed E-state index contributed by atoms with van der Waals surface area (Å²) in [5.74, 6) is 9.14. The number of benzene rings is 2. The Morgan fingerprint density at radius 1 is 0.780 bits per heavy atom. The van der Waals surface area contributed by atoms with Gasteiger partial charge in [-0.1, -0.05) is 49.8 Å². The number of nitrogens with zero attached hydrogens (tertiary/aromatic N) is 3. The Balaban J connectivity index is 0.000000171. The van der Waals surface area contributed by atoms with Crippen molar-refractivity contribution in [3.05, 3.63) is 108 Å². The van der Waals surface area contributed by atoms with Gasteiger partial charge in [0.2, 0.25) is 0 Å². The van der Waals surface area contributed by atoms with Crippen LogP contribution in [0.25, 0.3) is 44.6 Å². The van der Waals surface area contributed by atoms with E-state index >= 15 is 0 Å². The van der Waals surface area contributed by atoms with Crippen LogP contribution in [0.1, 0.15) is 74.5 Å². The summed E-state index contributed by atoms with van der Waals surface area (Å²) in [6.45, 7) is 2.08. The predicted molar refractivity (Wildman–Crippen MR) is 206 cm³/mol. The second kappa shape index (κ2) is 16.5. The van der Waals surface area contributed by atoms with Crippen LogP contribution in [0.2, 0.25) is 17.3 Å². The van der Waals surface area contributed by atoms with E-state index in [0.717, 1.165) is 68.4 Å². The molecule has 0 aliphatic heterocycles. The molecule has 0 amide bonds. The molecule has 6 aromatic rings. The molecule has 6 heteroatoms. The minimum Gasteiger partial charge on any atom is 0 e. The first kappa shape index (κ1) is 36.7. The van der Waals surface area contributed by atoms with E-state index in [4.69, 9.17) is 9.40 Å². The molecule has 0 atom stereocenters. The van der Waals surface area contributed by atoms with Crippen molar-refractivity contribution in [3.63, 3.8) is 0 Å². The van der Waals surface area contributed by atoms with Crippen LogP contribution < -0.4 is 4.40 Å². The van der Waals surface area contributed by atoms with Crippen molar-refractivity contribution in [2.75, 3.05) is 0 Å². The minimum absolute atomic E-state index is 0. The first-order valence-electron chi connectivity index (χ1n) is 18.4. The van der Waals surface area contributed by atoms with Crippen LogP contribution in [0, 0.1) is 30.9 Å². The number of aromatic nitrogens is 3. The van der Waals surface area contributed by atoms with E-state index in [0.29, 0.717) is 0 Å². The average Bonchev–Trinajstić information content (AvgIpc) is 3.78. The van der Waals surface area contributed by atoms with Gasteiger partial charge in [-0.15, -0.1) is 17.7 Å². The van der Waals surface area contributed by atoms with Gasteiger partial charge >= 0.3 is 144 Å². The van der Waals surface area contributed by atoms with Crippen LogP contribution in [0.4, 0.5) is 0 Å². The van der Waals surface area contributed by atoms with Gasteiger partial charge in [-0.3, -0.25) is 4.98 Å². The number of pyridine rings is 3. The Bertz CT molecular complexity index is 2020. The Hall–Kier alpha value is -3.12. The molecular formula is C44H49GeIrN3O-2. The van der Waals surface area contributed by atoms with Gasteiger partial charge in [0, 0.05) is 32.5 Å². The van der Waals surface area contributed by atoms with Gasteiger partial charge in [0.15, 0.2) is 0 Å². The van der Waals surface area contributed by atoms with Crippen molar-refractivity contribution in [2.24, 2.45) is 11.8 Å². The molecule has 2 saturated carbocycles. The fourth-order valence-electron chi connectivity index (χ4n) is 8.01. The number of rotatable bonds is 7. The van der Waals surface area contributed by atoms with Crippen LogP contribution in [-0.4, -0.2) is 28.2 Å². The molecular weight excluding hydrogens is 851 g/mol. The van der Waals surface area contributed by atoms with E-state index in [-0.39, 0.29) is 20.1 Å². The fraction of sp³-hybridized carbons (Fsp3) is 0.386. The molecule has 50 heavy (non-hydrogen) atoms. The van der Waals surface area contributed by atoms with E-state index in [1.807, 2.05) is 42.7 Å². The van der Waals surface area contributed by atoms with Crippen molar-refractivity contribution in [2.45, 2.75) is 94.8 Å². The van der Waals surface area contributed by atoms with Crippen molar-refractivity contribution < 1.29 is 24.5 Å². The molecule has 4 nitrogen and oxygen atoms in total. The SMILES string of the molecule is Cc1c[c-]c(-c2cc(CC3CCCC3)ccn2)c2oc3cccnc3c12.[CH3][Ge]([CH3])([CH3])[c]1cnc(-c2[c-]cccc2)cc1CC1CCCCC1.[Ir]. The fourth-order valence-corrected chi connectivity index (χ4v) is 11.3. The number of furan rings is 1. The van der Waals surface area contributed by atoms with Gasteiger partial charge in [-0.05, 0) is 41.6 Å². The molecule has 0 spiro atoms. The van der Waals surface area contributed by atoms with Crippen LogP contribution >= 0.6 is 0 Å². The standard InChI is InChI=1S/C23H21N2O.C21H28GeN.Ir/c1-15-8-9-18(23-21(15)22-20(26-23)7-4-11-25-22)19-14-17(10-12-24-19)13-16-5-2-3-6-16;1-22(2,3)20-16-23-21(18-12-8-5-9-13-18)15-19(20)14-17-10-6-4-7-11-17;/h4,7-8,10-12,14,16H,2-3,5-6,13H2,1H3;5,8-9,12,15-17H,4,6-7,10-11,14H2,1-3H3;/q2*-1;. The summed E-state index contributed by atoms with van der Waals surface area (Å²) in [6, 6.07) is 27.5. The van der Waals surface area contributed by atoms with Gasteiger partial charge < -0.3 is 9.40 Å². The third kappa shape index (κ3) is 8.49. The molecule has 4 aromatic heterocycles. The van der Waals surface area contributed by atoms with E-state index in [9.17, 15) is 0 Å². The molecule has 2 aliphatic carbocycles. The summed E-state index contributed by atoms with van der Waals surface area (Å²) in [7, 11) is 0. The molecule has 4 heterocycles. The van der Waals surface area contributed by atoms with E-state index in [1.54, 1.807) is 9.96 Å².